The molecule has 1 unspecified atom stereocenters. The highest BCUT2D eigenvalue weighted by molar-refractivity contribution is 6.22. The molecular formula is C26H26ClF4NO4. The number of carbonyl (C=O) groups excluding carboxylic acids is 1. The summed E-state index contributed by atoms with van der Waals surface area (Å²) >= 11 is 6.27. The third-order valence-electron chi connectivity index (χ3n) is 4.68. The number of esters is 1. The van der Waals surface area contributed by atoms with Crippen molar-refractivity contribution in [2.24, 2.45) is 0 Å². The number of aromatic nitrogens is 1. The summed E-state index contributed by atoms with van der Waals surface area (Å²) in [4.78, 5) is 15.3. The fraction of sp³-hybridized carbons (Fsp3) is 0.308. The lowest BCUT2D eigenvalue weighted by molar-refractivity contribution is -0.142. The highest BCUT2D eigenvalue weighted by atomic mass is 35.5. The quantitative estimate of drug-likeness (QED) is 0.162. The van der Waals surface area contributed by atoms with Crippen LogP contribution < -0.4 is 9.47 Å². The van der Waals surface area contributed by atoms with Gasteiger partial charge in [-0.3, -0.25) is 9.78 Å². The van der Waals surface area contributed by atoms with E-state index in [-0.39, 0.29) is 5.97 Å². The molecule has 0 N–H and O–H groups in total. The zero-order valence-electron chi connectivity index (χ0n) is 19.7. The van der Waals surface area contributed by atoms with Crippen LogP contribution in [-0.4, -0.2) is 30.8 Å². The van der Waals surface area contributed by atoms with Gasteiger partial charge in [0.1, 0.15) is 0 Å². The SMILES string of the molecule is CCOC(=O)Cc1ccnc(CC)c1.FC(F)Oc1ccc(C(Cl)c2ccccc2)cc1OC(F)F. The topological polar surface area (TPSA) is 57.7 Å². The van der Waals surface area contributed by atoms with Crippen molar-refractivity contribution in [1.82, 2.24) is 4.98 Å². The Morgan fingerprint density at radius 2 is 1.56 bits per heavy atom. The van der Waals surface area contributed by atoms with Gasteiger partial charge in [-0.05, 0) is 54.3 Å². The van der Waals surface area contributed by atoms with Crippen LogP contribution in [0, 0.1) is 0 Å². The number of carbonyl (C=O) groups is 1. The van der Waals surface area contributed by atoms with Crippen LogP contribution in [0.3, 0.4) is 0 Å². The molecule has 194 valence electrons. The molecule has 1 aromatic heterocycles. The number of nitrogens with zero attached hydrogens (tertiary/aromatic N) is 1. The Morgan fingerprint density at radius 3 is 2.17 bits per heavy atom. The Hall–Kier alpha value is -3.33. The third kappa shape index (κ3) is 9.73. The van der Waals surface area contributed by atoms with Crippen LogP contribution in [0.15, 0.2) is 66.9 Å². The molecule has 3 aromatic rings. The van der Waals surface area contributed by atoms with Crippen molar-refractivity contribution in [2.75, 3.05) is 6.61 Å². The molecule has 0 fully saturated rings. The van der Waals surface area contributed by atoms with Crippen LogP contribution in [-0.2, 0) is 22.4 Å². The highest BCUT2D eigenvalue weighted by Gasteiger charge is 2.18. The van der Waals surface area contributed by atoms with E-state index >= 15 is 0 Å². The van der Waals surface area contributed by atoms with E-state index in [1.165, 1.54) is 6.07 Å². The summed E-state index contributed by atoms with van der Waals surface area (Å²) in [6.07, 6.45) is 2.95. The van der Waals surface area contributed by atoms with Gasteiger partial charge in [-0.25, -0.2) is 0 Å². The summed E-state index contributed by atoms with van der Waals surface area (Å²) in [5.41, 5.74) is 3.13. The lowest BCUT2D eigenvalue weighted by Gasteiger charge is -2.15. The number of pyridine rings is 1. The maximum Gasteiger partial charge on any atom is 0.387 e. The zero-order valence-corrected chi connectivity index (χ0v) is 20.4. The molecule has 1 atom stereocenters. The Balaban J connectivity index is 0.000000281. The number of aryl methyl sites for hydroxylation is 1. The number of hydrogen-bond acceptors (Lipinski definition) is 5. The first-order valence-electron chi connectivity index (χ1n) is 11.0. The minimum atomic E-state index is -3.17. The fourth-order valence-electron chi connectivity index (χ4n) is 3.09. The minimum absolute atomic E-state index is 0.180. The van der Waals surface area contributed by atoms with Gasteiger partial charge in [0.25, 0.3) is 0 Å². The predicted molar refractivity (Wildman–Crippen MR) is 128 cm³/mol. The van der Waals surface area contributed by atoms with Crippen LogP contribution in [0.1, 0.15) is 41.6 Å². The molecule has 36 heavy (non-hydrogen) atoms. The van der Waals surface area contributed by atoms with Gasteiger partial charge in [0.15, 0.2) is 11.5 Å². The van der Waals surface area contributed by atoms with Crippen LogP contribution >= 0.6 is 11.6 Å². The van der Waals surface area contributed by atoms with Crippen LogP contribution in [0.4, 0.5) is 17.6 Å². The van der Waals surface area contributed by atoms with Crippen molar-refractivity contribution in [3.8, 4) is 11.5 Å². The van der Waals surface area contributed by atoms with Gasteiger partial charge in [-0.1, -0.05) is 43.3 Å². The largest absolute Gasteiger partial charge is 0.466 e. The Labute approximate surface area is 212 Å². The molecule has 0 amide bonds. The first-order valence-corrected chi connectivity index (χ1v) is 11.5. The smallest absolute Gasteiger partial charge is 0.387 e. The van der Waals surface area contributed by atoms with Crippen molar-refractivity contribution in [2.45, 2.75) is 45.3 Å². The lowest BCUT2D eigenvalue weighted by Crippen LogP contribution is -2.08. The minimum Gasteiger partial charge on any atom is -0.466 e. The molecule has 0 aliphatic carbocycles. The third-order valence-corrected chi connectivity index (χ3v) is 5.19. The zero-order chi connectivity index (χ0) is 26.5. The number of benzene rings is 2. The van der Waals surface area contributed by atoms with E-state index in [9.17, 15) is 22.4 Å². The molecule has 0 saturated heterocycles. The van der Waals surface area contributed by atoms with E-state index in [1.807, 2.05) is 26.0 Å². The average molecular weight is 528 g/mol. The van der Waals surface area contributed by atoms with Crippen LogP contribution in [0.5, 0.6) is 11.5 Å². The van der Waals surface area contributed by atoms with E-state index in [4.69, 9.17) is 16.3 Å². The summed E-state index contributed by atoms with van der Waals surface area (Å²) in [6, 6.07) is 16.4. The number of ether oxygens (including phenoxy) is 3. The molecular weight excluding hydrogens is 502 g/mol. The molecule has 0 bridgehead atoms. The molecule has 0 aliphatic heterocycles. The Kier molecular flexibility index (Phi) is 12.0. The summed E-state index contributed by atoms with van der Waals surface area (Å²) in [6.45, 7) is -2.03. The van der Waals surface area contributed by atoms with E-state index < -0.39 is 30.1 Å². The molecule has 0 radical (unpaired) electrons. The average Bonchev–Trinajstić information content (AvgIpc) is 2.85. The Bertz CT molecular complexity index is 1090. The maximum atomic E-state index is 12.4. The second-order valence-corrected chi connectivity index (χ2v) is 7.66. The van der Waals surface area contributed by atoms with Crippen LogP contribution in [0.25, 0.3) is 0 Å². The molecule has 5 nitrogen and oxygen atoms in total. The van der Waals surface area contributed by atoms with Crippen molar-refractivity contribution < 1.29 is 36.6 Å². The van der Waals surface area contributed by atoms with Crippen LogP contribution in [0.2, 0.25) is 0 Å². The van der Waals surface area contributed by atoms with Crippen molar-refractivity contribution in [3.05, 3.63) is 89.2 Å². The molecule has 0 spiro atoms. The standard InChI is InChI=1S/C15H11ClF4O2.C11H15NO2/c16-13(9-4-2-1-3-5-9)10-6-7-11(21-14(17)18)12(8-10)22-15(19)20;1-3-10-7-9(5-6-12-10)8-11(13)14-4-2/h1-8,13-15H;5-7H,3-4,8H2,1-2H3. The lowest BCUT2D eigenvalue weighted by atomic mass is 10.0. The number of halogens is 5. The van der Waals surface area contributed by atoms with Gasteiger partial charge in [0.2, 0.25) is 0 Å². The highest BCUT2D eigenvalue weighted by Crippen LogP contribution is 2.36. The first-order chi connectivity index (χ1) is 17.2. The Morgan fingerprint density at radius 1 is 0.889 bits per heavy atom. The molecule has 1 heterocycles. The van der Waals surface area contributed by atoms with Gasteiger partial charge in [0, 0.05) is 11.9 Å². The van der Waals surface area contributed by atoms with E-state index in [0.717, 1.165) is 35.4 Å². The van der Waals surface area contributed by atoms with Gasteiger partial charge in [-0.15, -0.1) is 11.6 Å². The molecule has 3 rings (SSSR count). The van der Waals surface area contributed by atoms with Crippen molar-refractivity contribution in [3.63, 3.8) is 0 Å². The summed E-state index contributed by atoms with van der Waals surface area (Å²) < 4.78 is 62.6. The fourth-order valence-corrected chi connectivity index (χ4v) is 3.37. The summed E-state index contributed by atoms with van der Waals surface area (Å²) in [5, 5.41) is -0.637. The number of alkyl halides is 5. The molecule has 0 aliphatic rings. The van der Waals surface area contributed by atoms with Crippen molar-refractivity contribution in [1.29, 1.82) is 0 Å². The second-order valence-electron chi connectivity index (χ2n) is 7.23. The molecule has 0 saturated carbocycles. The molecule has 10 heteroatoms. The number of rotatable bonds is 10. The van der Waals surface area contributed by atoms with Gasteiger partial charge < -0.3 is 14.2 Å². The van der Waals surface area contributed by atoms with Crippen molar-refractivity contribution >= 4 is 17.6 Å². The maximum absolute atomic E-state index is 12.4. The number of hydrogen-bond donors (Lipinski definition) is 0. The summed E-state index contributed by atoms with van der Waals surface area (Å²) in [5.74, 6) is -1.15. The summed E-state index contributed by atoms with van der Waals surface area (Å²) in [7, 11) is 0. The van der Waals surface area contributed by atoms with Gasteiger partial charge in [-0.2, -0.15) is 17.6 Å². The second kappa shape index (κ2) is 14.9. The van der Waals surface area contributed by atoms with E-state index in [2.05, 4.69) is 14.5 Å². The van der Waals surface area contributed by atoms with E-state index in [0.29, 0.717) is 18.6 Å². The predicted octanol–water partition coefficient (Wildman–Crippen LogP) is 6.97. The molecule has 2 aromatic carbocycles. The van der Waals surface area contributed by atoms with E-state index in [1.54, 1.807) is 36.5 Å². The van der Waals surface area contributed by atoms with Gasteiger partial charge >= 0.3 is 19.2 Å². The monoisotopic (exact) mass is 527 g/mol. The van der Waals surface area contributed by atoms with Gasteiger partial charge in [0.05, 0.1) is 18.4 Å². The first kappa shape index (κ1) is 28.9. The normalized spacial score (nSPS) is 11.5.